The van der Waals surface area contributed by atoms with Gasteiger partial charge in [0.25, 0.3) is 0 Å². The first kappa shape index (κ1) is 24.8. The van der Waals surface area contributed by atoms with Crippen molar-refractivity contribution < 1.29 is 37.4 Å². The van der Waals surface area contributed by atoms with Crippen LogP contribution in [0.15, 0.2) is 0 Å². The Balaban J connectivity index is 0.000000171. The van der Waals surface area contributed by atoms with Crippen molar-refractivity contribution in [3.8, 4) is 0 Å². The van der Waals surface area contributed by atoms with Crippen molar-refractivity contribution in [1.82, 2.24) is 10.6 Å². The number of carbonyl (C=O) groups is 2. The zero-order valence-corrected chi connectivity index (χ0v) is 17.1. The molecule has 2 saturated heterocycles. The van der Waals surface area contributed by atoms with E-state index in [1.54, 1.807) is 0 Å². The number of hydrogen-bond donors (Lipinski definition) is 4. The molecule has 10 heteroatoms. The lowest BCUT2D eigenvalue weighted by Gasteiger charge is -2.36. The van der Waals surface area contributed by atoms with E-state index in [0.717, 1.165) is 39.0 Å². The molecule has 4 rings (SSSR count). The van der Waals surface area contributed by atoms with Gasteiger partial charge in [-0.15, -0.1) is 0 Å². The fraction of sp³-hybridized carbons (Fsp3) is 0.900. The fourth-order valence-corrected chi connectivity index (χ4v) is 4.74. The predicted octanol–water partition coefficient (Wildman–Crippen LogP) is 3.51. The lowest BCUT2D eigenvalue weighted by Crippen LogP contribution is -2.34. The number of alkyl halides is 4. The molecule has 174 valence electrons. The normalized spacial score (nSPS) is 27.5. The summed E-state index contributed by atoms with van der Waals surface area (Å²) in [6.45, 7) is 3.96. The van der Waals surface area contributed by atoms with Gasteiger partial charge in [0, 0.05) is 38.8 Å². The average Bonchev–Trinajstić information content (AvgIpc) is 3.33. The number of hydrogen-bond acceptors (Lipinski definition) is 4. The van der Waals surface area contributed by atoms with E-state index in [2.05, 4.69) is 10.6 Å². The lowest BCUT2D eigenvalue weighted by atomic mass is 9.72. The number of carboxylic acids is 2. The maximum Gasteiger partial charge on any atom is 0.414 e. The molecule has 0 unspecified atom stereocenters. The van der Waals surface area contributed by atoms with E-state index in [1.165, 1.54) is 0 Å². The summed E-state index contributed by atoms with van der Waals surface area (Å²) in [7, 11) is 0. The van der Waals surface area contributed by atoms with Gasteiger partial charge < -0.3 is 20.8 Å². The van der Waals surface area contributed by atoms with Crippen LogP contribution < -0.4 is 10.6 Å². The van der Waals surface area contributed by atoms with Crippen molar-refractivity contribution in [2.24, 2.45) is 10.8 Å². The van der Waals surface area contributed by atoms with Gasteiger partial charge in [-0.25, -0.2) is 27.2 Å². The summed E-state index contributed by atoms with van der Waals surface area (Å²) in [6, 6.07) is 0. The Hall–Kier alpha value is -1.42. The minimum Gasteiger partial charge on any atom is -0.473 e. The number of rotatable bonds is 0. The second-order valence-electron chi connectivity index (χ2n) is 9.18. The number of aliphatic carboxylic acids is 2. The van der Waals surface area contributed by atoms with Gasteiger partial charge in [0.05, 0.1) is 0 Å². The highest BCUT2D eigenvalue weighted by atomic mass is 19.3. The zero-order chi connectivity index (χ0) is 22.5. The van der Waals surface area contributed by atoms with Gasteiger partial charge in [0.15, 0.2) is 0 Å². The smallest absolute Gasteiger partial charge is 0.414 e. The Morgan fingerprint density at radius 3 is 1.07 bits per heavy atom. The maximum absolute atomic E-state index is 12.8. The minimum atomic E-state index is -2.37. The molecule has 2 heterocycles. The summed E-state index contributed by atoms with van der Waals surface area (Å²) in [4.78, 5) is 18.2. The Morgan fingerprint density at radius 2 is 0.867 bits per heavy atom. The standard InChI is InChI=1S/2C9H15F2N.C2H2O4/c2*10-9(11)3-1-8(2-4-9)5-6-12-7-8;3-1(4)2(5)6/h2*12H,1-7H2;(H,3,4)(H,5,6). The monoisotopic (exact) mass is 440 g/mol. The van der Waals surface area contributed by atoms with Gasteiger partial charge in [-0.1, -0.05) is 0 Å². The van der Waals surface area contributed by atoms with E-state index in [9.17, 15) is 17.6 Å². The Morgan fingerprint density at radius 1 is 0.567 bits per heavy atom. The second kappa shape index (κ2) is 9.80. The molecule has 0 atom stereocenters. The Labute approximate surface area is 173 Å². The number of halogens is 4. The topological polar surface area (TPSA) is 98.7 Å². The molecule has 2 aliphatic carbocycles. The molecule has 0 aromatic rings. The molecular formula is C20H32F4N2O4. The molecule has 0 radical (unpaired) electrons. The van der Waals surface area contributed by atoms with E-state index in [0.29, 0.717) is 25.7 Å². The third kappa shape index (κ3) is 7.37. The number of nitrogens with one attached hydrogen (secondary N) is 2. The molecule has 4 N–H and O–H groups in total. The summed E-state index contributed by atoms with van der Waals surface area (Å²) in [5.41, 5.74) is 0.476. The first-order valence-electron chi connectivity index (χ1n) is 10.5. The molecule has 6 nitrogen and oxygen atoms in total. The molecule has 0 aromatic carbocycles. The summed E-state index contributed by atoms with van der Waals surface area (Å²) < 4.78 is 51.3. The van der Waals surface area contributed by atoms with Crippen molar-refractivity contribution in [2.45, 2.75) is 76.1 Å². The van der Waals surface area contributed by atoms with Crippen LogP contribution in [0, 0.1) is 10.8 Å². The van der Waals surface area contributed by atoms with Gasteiger partial charge in [-0.2, -0.15) is 0 Å². The molecule has 30 heavy (non-hydrogen) atoms. The predicted molar refractivity (Wildman–Crippen MR) is 102 cm³/mol. The summed E-state index contributed by atoms with van der Waals surface area (Å²) in [6.07, 6.45) is 5.48. The molecule has 2 spiro atoms. The van der Waals surface area contributed by atoms with Crippen LogP contribution in [0.4, 0.5) is 17.6 Å². The van der Waals surface area contributed by atoms with Crippen molar-refractivity contribution in [3.05, 3.63) is 0 Å². The largest absolute Gasteiger partial charge is 0.473 e. The van der Waals surface area contributed by atoms with Crippen LogP contribution in [0.2, 0.25) is 0 Å². The van der Waals surface area contributed by atoms with E-state index in [4.69, 9.17) is 19.8 Å². The summed E-state index contributed by atoms with van der Waals surface area (Å²) >= 11 is 0. The first-order chi connectivity index (χ1) is 13.9. The van der Waals surface area contributed by atoms with Crippen molar-refractivity contribution >= 4 is 11.9 Å². The second-order valence-corrected chi connectivity index (χ2v) is 9.18. The van der Waals surface area contributed by atoms with Crippen LogP contribution in [-0.4, -0.2) is 60.2 Å². The van der Waals surface area contributed by atoms with Crippen molar-refractivity contribution in [2.75, 3.05) is 26.2 Å². The van der Waals surface area contributed by atoms with Crippen LogP contribution in [-0.2, 0) is 9.59 Å². The molecule has 2 saturated carbocycles. The molecule has 0 bridgehead atoms. The van der Waals surface area contributed by atoms with E-state index in [1.807, 2.05) is 0 Å². The molecule has 4 fully saturated rings. The van der Waals surface area contributed by atoms with Crippen LogP contribution in [0.3, 0.4) is 0 Å². The molecule has 4 aliphatic rings. The molecule has 0 aromatic heterocycles. The van der Waals surface area contributed by atoms with Crippen molar-refractivity contribution in [3.63, 3.8) is 0 Å². The fourth-order valence-electron chi connectivity index (χ4n) is 4.74. The van der Waals surface area contributed by atoms with Gasteiger partial charge in [-0.3, -0.25) is 0 Å². The third-order valence-electron chi connectivity index (χ3n) is 6.93. The lowest BCUT2D eigenvalue weighted by molar-refractivity contribution is -0.159. The molecule has 2 aliphatic heterocycles. The van der Waals surface area contributed by atoms with Gasteiger partial charge in [0.1, 0.15) is 0 Å². The van der Waals surface area contributed by atoms with Crippen LogP contribution in [0.5, 0.6) is 0 Å². The summed E-state index contributed by atoms with van der Waals surface area (Å²) in [5.74, 6) is -8.38. The SMILES string of the molecule is FC1(F)CCC2(CCNC2)CC1.FC1(F)CCC2(CCNC2)CC1.O=C(O)C(=O)O. The maximum atomic E-state index is 12.8. The van der Waals surface area contributed by atoms with Gasteiger partial charge >= 0.3 is 11.9 Å². The van der Waals surface area contributed by atoms with Crippen LogP contribution in [0.1, 0.15) is 64.2 Å². The molecular weight excluding hydrogens is 408 g/mol. The van der Waals surface area contributed by atoms with E-state index >= 15 is 0 Å². The quantitative estimate of drug-likeness (QED) is 0.340. The summed E-state index contributed by atoms with van der Waals surface area (Å²) in [5, 5.41) is 21.3. The molecule has 0 amide bonds. The van der Waals surface area contributed by atoms with Gasteiger partial charge in [-0.05, 0) is 62.4 Å². The zero-order valence-electron chi connectivity index (χ0n) is 17.1. The highest BCUT2D eigenvalue weighted by Crippen LogP contribution is 2.47. The third-order valence-corrected chi connectivity index (χ3v) is 6.93. The Bertz CT molecular complexity index is 528. The van der Waals surface area contributed by atoms with Crippen LogP contribution in [0.25, 0.3) is 0 Å². The van der Waals surface area contributed by atoms with Crippen LogP contribution >= 0.6 is 0 Å². The first-order valence-corrected chi connectivity index (χ1v) is 10.5. The highest BCUT2D eigenvalue weighted by molar-refractivity contribution is 6.27. The van der Waals surface area contributed by atoms with Crippen molar-refractivity contribution in [1.29, 1.82) is 0 Å². The minimum absolute atomic E-state index is 0.106. The highest BCUT2D eigenvalue weighted by Gasteiger charge is 2.45. The number of carboxylic acid groups (broad SMARTS) is 2. The van der Waals surface area contributed by atoms with E-state index < -0.39 is 23.8 Å². The Kier molecular flexibility index (Phi) is 8.12. The average molecular weight is 440 g/mol. The van der Waals surface area contributed by atoms with Gasteiger partial charge in [0.2, 0.25) is 11.8 Å². The van der Waals surface area contributed by atoms with E-state index in [-0.39, 0.29) is 36.5 Å².